The van der Waals surface area contributed by atoms with Crippen molar-refractivity contribution in [2.75, 3.05) is 11.9 Å². The van der Waals surface area contributed by atoms with E-state index in [-0.39, 0.29) is 12.5 Å². The zero-order chi connectivity index (χ0) is 25.9. The molecule has 1 N–H and O–H groups in total. The van der Waals surface area contributed by atoms with Crippen molar-refractivity contribution in [3.05, 3.63) is 106 Å². The maximum atomic E-state index is 13.7. The van der Waals surface area contributed by atoms with Crippen molar-refractivity contribution in [2.45, 2.75) is 20.8 Å². The van der Waals surface area contributed by atoms with Gasteiger partial charge in [0.25, 0.3) is 5.91 Å². The summed E-state index contributed by atoms with van der Waals surface area (Å²) in [5.41, 5.74) is 7.11. The van der Waals surface area contributed by atoms with Crippen LogP contribution in [0.1, 0.15) is 38.8 Å². The lowest BCUT2D eigenvalue weighted by molar-refractivity contribution is 0.0529. The molecule has 0 spiro atoms. The van der Waals surface area contributed by atoms with Crippen molar-refractivity contribution in [2.24, 2.45) is 0 Å². The number of nitrogens with one attached hydrogen (secondary N) is 1. The Morgan fingerprint density at radius 2 is 1.54 bits per heavy atom. The highest BCUT2D eigenvalue weighted by molar-refractivity contribution is 7.15. The van der Waals surface area contributed by atoms with E-state index < -0.39 is 5.97 Å². The van der Waals surface area contributed by atoms with Crippen molar-refractivity contribution < 1.29 is 14.3 Å². The monoisotopic (exact) mass is 506 g/mol. The third kappa shape index (κ3) is 5.01. The van der Waals surface area contributed by atoms with Crippen LogP contribution < -0.4 is 5.32 Å². The largest absolute Gasteiger partial charge is 0.462 e. The average molecular weight is 507 g/mol. The number of pyridine rings is 1. The zero-order valence-corrected chi connectivity index (χ0v) is 21.7. The summed E-state index contributed by atoms with van der Waals surface area (Å²) < 4.78 is 5.36. The van der Waals surface area contributed by atoms with Crippen LogP contribution in [0, 0.1) is 13.8 Å². The Balaban J connectivity index is 1.57. The summed E-state index contributed by atoms with van der Waals surface area (Å²) in [6, 6.07) is 25.4. The summed E-state index contributed by atoms with van der Waals surface area (Å²) in [6.45, 7) is 6.05. The summed E-state index contributed by atoms with van der Waals surface area (Å²) in [5, 5.41) is 6.08. The minimum Gasteiger partial charge on any atom is -0.462 e. The Labute approximate surface area is 219 Å². The van der Waals surface area contributed by atoms with Gasteiger partial charge in [0.2, 0.25) is 0 Å². The van der Waals surface area contributed by atoms with Crippen molar-refractivity contribution in [1.82, 2.24) is 4.98 Å². The number of amides is 1. The number of anilines is 1. The predicted molar refractivity (Wildman–Crippen MR) is 150 cm³/mol. The highest BCUT2D eigenvalue weighted by Gasteiger charge is 2.24. The number of aromatic nitrogens is 1. The van der Waals surface area contributed by atoms with E-state index in [9.17, 15) is 9.59 Å². The number of para-hydroxylation sites is 1. The molecule has 5 rings (SSSR count). The number of nitrogens with zero attached hydrogens (tertiary/aromatic N) is 1. The van der Waals surface area contributed by atoms with Crippen LogP contribution in [0.3, 0.4) is 0 Å². The Morgan fingerprint density at radius 3 is 2.22 bits per heavy atom. The smallest absolute Gasteiger partial charge is 0.341 e. The molecule has 0 radical (unpaired) electrons. The molecule has 0 unspecified atom stereocenters. The van der Waals surface area contributed by atoms with E-state index in [0.717, 1.165) is 38.7 Å². The first-order valence-electron chi connectivity index (χ1n) is 12.1. The predicted octanol–water partition coefficient (Wildman–Crippen LogP) is 7.68. The van der Waals surface area contributed by atoms with Crippen LogP contribution >= 0.6 is 11.3 Å². The number of hydrogen-bond acceptors (Lipinski definition) is 5. The molecule has 0 aliphatic heterocycles. The summed E-state index contributed by atoms with van der Waals surface area (Å²) >= 11 is 1.31. The Bertz CT molecular complexity index is 1600. The first-order valence-corrected chi connectivity index (χ1v) is 13.0. The first-order chi connectivity index (χ1) is 17.9. The molecule has 5 aromatic rings. The summed E-state index contributed by atoms with van der Waals surface area (Å²) in [6.07, 6.45) is 0. The van der Waals surface area contributed by atoms with Crippen LogP contribution in [-0.4, -0.2) is 23.5 Å². The SMILES string of the molecule is CCOC(=O)c1c(-c2ccc(C)cc2)csc1NC(=O)c1cc(-c2ccc(C)cc2)nc2ccccc12. The molecular weight excluding hydrogens is 480 g/mol. The zero-order valence-electron chi connectivity index (χ0n) is 20.9. The normalized spacial score (nSPS) is 10.9. The van der Waals surface area contributed by atoms with E-state index in [1.54, 1.807) is 13.0 Å². The van der Waals surface area contributed by atoms with Gasteiger partial charge in [-0.15, -0.1) is 11.3 Å². The third-order valence-electron chi connectivity index (χ3n) is 6.17. The molecule has 2 heterocycles. The van der Waals surface area contributed by atoms with Crippen LogP contribution in [0.4, 0.5) is 5.00 Å². The fraction of sp³-hybridized carbons (Fsp3) is 0.129. The molecule has 2 aromatic heterocycles. The van der Waals surface area contributed by atoms with Gasteiger partial charge in [-0.3, -0.25) is 4.79 Å². The lowest BCUT2D eigenvalue weighted by atomic mass is 10.0. The van der Waals surface area contributed by atoms with Gasteiger partial charge in [-0.2, -0.15) is 0 Å². The second-order valence-electron chi connectivity index (χ2n) is 8.83. The van der Waals surface area contributed by atoms with Crippen LogP contribution in [0.5, 0.6) is 0 Å². The molecule has 0 saturated carbocycles. The van der Waals surface area contributed by atoms with Crippen molar-refractivity contribution in [3.8, 4) is 22.4 Å². The van der Waals surface area contributed by atoms with Gasteiger partial charge in [0.05, 0.1) is 23.4 Å². The third-order valence-corrected chi connectivity index (χ3v) is 7.06. The molecule has 0 bridgehead atoms. The van der Waals surface area contributed by atoms with Crippen molar-refractivity contribution >= 4 is 39.1 Å². The number of rotatable bonds is 6. The Morgan fingerprint density at radius 1 is 0.892 bits per heavy atom. The number of carbonyl (C=O) groups is 2. The number of aryl methyl sites for hydroxylation is 2. The van der Waals surface area contributed by atoms with E-state index in [1.807, 2.05) is 92.0 Å². The van der Waals surface area contributed by atoms with Gasteiger partial charge in [-0.1, -0.05) is 77.9 Å². The topological polar surface area (TPSA) is 68.3 Å². The second kappa shape index (κ2) is 10.4. The number of thiophene rings is 1. The number of benzene rings is 3. The second-order valence-corrected chi connectivity index (χ2v) is 9.71. The highest BCUT2D eigenvalue weighted by Crippen LogP contribution is 2.37. The van der Waals surface area contributed by atoms with Gasteiger partial charge < -0.3 is 10.1 Å². The Kier molecular flexibility index (Phi) is 6.84. The van der Waals surface area contributed by atoms with Gasteiger partial charge in [0.1, 0.15) is 10.6 Å². The molecule has 0 saturated heterocycles. The molecular formula is C31H26N2O3S. The molecule has 184 valence electrons. The Hall–Kier alpha value is -4.29. The number of hydrogen-bond donors (Lipinski definition) is 1. The molecule has 0 aliphatic carbocycles. The number of carbonyl (C=O) groups excluding carboxylic acids is 2. The van der Waals surface area contributed by atoms with E-state index in [1.165, 1.54) is 11.3 Å². The summed E-state index contributed by atoms with van der Waals surface area (Å²) in [7, 11) is 0. The summed E-state index contributed by atoms with van der Waals surface area (Å²) in [4.78, 5) is 31.5. The maximum absolute atomic E-state index is 13.7. The highest BCUT2D eigenvalue weighted by atomic mass is 32.1. The van der Waals surface area contributed by atoms with Crippen LogP contribution in [0.15, 0.2) is 84.2 Å². The van der Waals surface area contributed by atoms with Gasteiger partial charge in [-0.05, 0) is 38.5 Å². The lowest BCUT2D eigenvalue weighted by Crippen LogP contribution is -2.15. The van der Waals surface area contributed by atoms with E-state index in [0.29, 0.717) is 21.8 Å². The van der Waals surface area contributed by atoms with Gasteiger partial charge >= 0.3 is 5.97 Å². The van der Waals surface area contributed by atoms with E-state index in [2.05, 4.69) is 5.32 Å². The van der Waals surface area contributed by atoms with Crippen LogP contribution in [0.2, 0.25) is 0 Å². The quantitative estimate of drug-likeness (QED) is 0.240. The molecule has 1 amide bonds. The standard InChI is InChI=1S/C31H26N2O3S/c1-4-36-31(35)28-25(21-13-9-19(2)10-14-21)18-37-30(28)33-29(34)24-17-27(22-15-11-20(3)12-16-22)32-26-8-6-5-7-23(24)26/h5-18H,4H2,1-3H3,(H,33,34). The van der Waals surface area contributed by atoms with Crippen molar-refractivity contribution in [3.63, 3.8) is 0 Å². The molecule has 0 fully saturated rings. The van der Waals surface area contributed by atoms with Gasteiger partial charge in [-0.25, -0.2) is 9.78 Å². The molecule has 6 heteroatoms. The minimum absolute atomic E-state index is 0.240. The number of fused-ring (bicyclic) bond motifs is 1. The molecule has 0 aliphatic rings. The van der Waals surface area contributed by atoms with Crippen molar-refractivity contribution in [1.29, 1.82) is 0 Å². The summed E-state index contributed by atoms with van der Waals surface area (Å²) in [5.74, 6) is -0.774. The number of esters is 1. The lowest BCUT2D eigenvalue weighted by Gasteiger charge is -2.12. The molecule has 3 aromatic carbocycles. The fourth-order valence-corrected chi connectivity index (χ4v) is 5.16. The molecule has 0 atom stereocenters. The number of ether oxygens (including phenoxy) is 1. The van der Waals surface area contributed by atoms with Crippen LogP contribution in [0.25, 0.3) is 33.3 Å². The fourth-order valence-electron chi connectivity index (χ4n) is 4.21. The van der Waals surface area contributed by atoms with E-state index in [4.69, 9.17) is 9.72 Å². The first kappa shape index (κ1) is 24.4. The van der Waals surface area contributed by atoms with Crippen LogP contribution in [-0.2, 0) is 4.74 Å². The molecule has 5 nitrogen and oxygen atoms in total. The minimum atomic E-state index is -0.463. The molecule has 37 heavy (non-hydrogen) atoms. The average Bonchev–Trinajstić information content (AvgIpc) is 3.32. The van der Waals surface area contributed by atoms with Gasteiger partial charge in [0.15, 0.2) is 0 Å². The van der Waals surface area contributed by atoms with Gasteiger partial charge in [0, 0.05) is 21.9 Å². The maximum Gasteiger partial charge on any atom is 0.341 e. The van der Waals surface area contributed by atoms with E-state index >= 15 is 0 Å².